The lowest BCUT2D eigenvalue weighted by molar-refractivity contribution is 0.0711. The Hall–Kier alpha value is -3.56. The van der Waals surface area contributed by atoms with E-state index < -0.39 is 0 Å². The average Bonchev–Trinajstić information content (AvgIpc) is 3.38. The molecule has 1 amide bonds. The van der Waals surface area contributed by atoms with Crippen LogP contribution in [0.3, 0.4) is 0 Å². The Morgan fingerprint density at radius 1 is 0.971 bits per heavy atom. The minimum absolute atomic E-state index is 0.105. The molecule has 1 fully saturated rings. The number of aryl methyl sites for hydroxylation is 2. The van der Waals surface area contributed by atoms with Gasteiger partial charge in [-0.1, -0.05) is 0 Å². The second-order valence-electron chi connectivity index (χ2n) is 9.68. The van der Waals surface area contributed by atoms with Crippen LogP contribution in [-0.4, -0.2) is 55.9 Å². The van der Waals surface area contributed by atoms with Crippen LogP contribution in [0, 0.1) is 13.8 Å². The highest BCUT2D eigenvalue weighted by Crippen LogP contribution is 2.20. The van der Waals surface area contributed by atoms with Crippen LogP contribution in [0.15, 0.2) is 38.3 Å². The minimum Gasteiger partial charge on any atom is -0.454 e. The van der Waals surface area contributed by atoms with Crippen molar-refractivity contribution in [3.63, 3.8) is 0 Å². The summed E-state index contributed by atoms with van der Waals surface area (Å²) in [5, 5.41) is 4.44. The molecule has 10 heteroatoms. The maximum atomic E-state index is 13.1. The van der Waals surface area contributed by atoms with E-state index in [0.717, 1.165) is 11.4 Å². The van der Waals surface area contributed by atoms with Crippen LogP contribution >= 0.6 is 0 Å². The van der Waals surface area contributed by atoms with E-state index >= 15 is 0 Å². The van der Waals surface area contributed by atoms with E-state index in [2.05, 4.69) is 5.10 Å². The van der Waals surface area contributed by atoms with Crippen LogP contribution in [-0.2, 0) is 6.54 Å². The van der Waals surface area contributed by atoms with Gasteiger partial charge in [-0.3, -0.25) is 23.4 Å². The molecule has 188 valence electrons. The summed E-state index contributed by atoms with van der Waals surface area (Å²) < 4.78 is 10.6. The molecule has 0 N–H and O–H groups in total. The molecular weight excluding hydrogens is 448 g/mol. The standard InChI is InChI=1S/C25H34N6O4/c1-16(2)30-22(14-23(32)31(17(3)4)25(30)34)27-9-11-28(12-10-27)24(33)21-8-7-20(35-21)15-29-19(6)13-18(5)26-29/h7-8,13-14,16-17H,9-12,15H2,1-6H3. The molecule has 4 rings (SSSR count). The SMILES string of the molecule is Cc1cc(C)n(Cc2ccc(C(=O)N3CCN(c4cc(=O)n(C(C)C)c(=O)n4C(C)C)CC3)o2)n1. The predicted molar refractivity (Wildman–Crippen MR) is 133 cm³/mol. The van der Waals surface area contributed by atoms with E-state index in [4.69, 9.17) is 4.42 Å². The Balaban J connectivity index is 1.47. The third-order valence-corrected chi connectivity index (χ3v) is 6.35. The Morgan fingerprint density at radius 2 is 1.63 bits per heavy atom. The van der Waals surface area contributed by atoms with Crippen molar-refractivity contribution in [3.05, 3.63) is 68.0 Å². The van der Waals surface area contributed by atoms with Gasteiger partial charge in [0, 0.05) is 50.0 Å². The molecule has 3 aromatic rings. The van der Waals surface area contributed by atoms with Gasteiger partial charge in [0.15, 0.2) is 5.76 Å². The average molecular weight is 483 g/mol. The normalized spacial score (nSPS) is 14.4. The lowest BCUT2D eigenvalue weighted by atomic mass is 10.2. The number of carbonyl (C=O) groups excluding carboxylic acids is 1. The molecule has 0 aliphatic carbocycles. The fourth-order valence-corrected chi connectivity index (χ4v) is 4.62. The molecule has 3 aromatic heterocycles. The van der Waals surface area contributed by atoms with E-state index in [9.17, 15) is 14.4 Å². The zero-order chi connectivity index (χ0) is 25.4. The number of anilines is 1. The second kappa shape index (κ2) is 9.59. The maximum Gasteiger partial charge on any atom is 0.333 e. The number of carbonyl (C=O) groups is 1. The number of piperazine rings is 1. The smallest absolute Gasteiger partial charge is 0.333 e. The van der Waals surface area contributed by atoms with Crippen molar-refractivity contribution in [1.82, 2.24) is 23.8 Å². The summed E-state index contributed by atoms with van der Waals surface area (Å²) in [5.74, 6) is 1.41. The largest absolute Gasteiger partial charge is 0.454 e. The molecule has 0 aromatic carbocycles. The number of rotatable bonds is 6. The van der Waals surface area contributed by atoms with E-state index in [1.807, 2.05) is 63.3 Å². The number of hydrogen-bond donors (Lipinski definition) is 0. The van der Waals surface area contributed by atoms with Crippen LogP contribution in [0.2, 0.25) is 0 Å². The molecule has 0 unspecified atom stereocenters. The number of amides is 1. The third-order valence-electron chi connectivity index (χ3n) is 6.35. The fraction of sp³-hybridized carbons (Fsp3) is 0.520. The van der Waals surface area contributed by atoms with E-state index in [1.54, 1.807) is 15.5 Å². The summed E-state index contributed by atoms with van der Waals surface area (Å²) in [7, 11) is 0. The quantitative estimate of drug-likeness (QED) is 0.536. The van der Waals surface area contributed by atoms with Gasteiger partial charge in [0.2, 0.25) is 0 Å². The first-order chi connectivity index (χ1) is 16.6. The predicted octanol–water partition coefficient (Wildman–Crippen LogP) is 2.59. The number of aromatic nitrogens is 4. The van der Waals surface area contributed by atoms with Gasteiger partial charge in [0.05, 0.1) is 12.2 Å². The monoisotopic (exact) mass is 482 g/mol. The van der Waals surface area contributed by atoms with Gasteiger partial charge in [-0.15, -0.1) is 0 Å². The Kier molecular flexibility index (Phi) is 6.73. The molecule has 0 saturated carbocycles. The van der Waals surface area contributed by atoms with Crippen molar-refractivity contribution in [2.45, 2.75) is 60.2 Å². The van der Waals surface area contributed by atoms with Crippen LogP contribution < -0.4 is 16.1 Å². The van der Waals surface area contributed by atoms with Crippen molar-refractivity contribution in [1.29, 1.82) is 0 Å². The van der Waals surface area contributed by atoms with Gasteiger partial charge < -0.3 is 14.2 Å². The van der Waals surface area contributed by atoms with Crippen LogP contribution in [0.4, 0.5) is 5.82 Å². The number of hydrogen-bond acceptors (Lipinski definition) is 6. The number of nitrogens with zero attached hydrogens (tertiary/aromatic N) is 6. The molecule has 1 saturated heterocycles. The first-order valence-corrected chi connectivity index (χ1v) is 12.1. The van der Waals surface area contributed by atoms with Gasteiger partial charge >= 0.3 is 5.69 Å². The molecule has 0 bridgehead atoms. The molecule has 35 heavy (non-hydrogen) atoms. The van der Waals surface area contributed by atoms with Crippen molar-refractivity contribution in [2.24, 2.45) is 0 Å². The fourth-order valence-electron chi connectivity index (χ4n) is 4.62. The highest BCUT2D eigenvalue weighted by Gasteiger charge is 2.27. The molecule has 0 spiro atoms. The second-order valence-corrected chi connectivity index (χ2v) is 9.68. The third kappa shape index (κ3) is 4.82. The van der Waals surface area contributed by atoms with Gasteiger partial charge in [-0.25, -0.2) is 4.79 Å². The summed E-state index contributed by atoms with van der Waals surface area (Å²) in [5.41, 5.74) is 1.36. The van der Waals surface area contributed by atoms with Crippen molar-refractivity contribution in [3.8, 4) is 0 Å². The summed E-state index contributed by atoms with van der Waals surface area (Å²) >= 11 is 0. The molecule has 0 atom stereocenters. The van der Waals surface area contributed by atoms with Crippen LogP contribution in [0.1, 0.15) is 67.5 Å². The number of furan rings is 1. The lowest BCUT2D eigenvalue weighted by Crippen LogP contribution is -2.51. The van der Waals surface area contributed by atoms with Crippen molar-refractivity contribution < 1.29 is 9.21 Å². The van der Waals surface area contributed by atoms with E-state index in [-0.39, 0.29) is 29.2 Å². The first-order valence-electron chi connectivity index (χ1n) is 12.1. The maximum absolute atomic E-state index is 13.1. The highest BCUT2D eigenvalue weighted by molar-refractivity contribution is 5.91. The summed E-state index contributed by atoms with van der Waals surface area (Å²) in [6.07, 6.45) is 0. The van der Waals surface area contributed by atoms with Gasteiger partial charge in [0.1, 0.15) is 11.6 Å². The molecule has 1 aliphatic heterocycles. The van der Waals surface area contributed by atoms with Crippen LogP contribution in [0.5, 0.6) is 0 Å². The first kappa shape index (κ1) is 24.6. The van der Waals surface area contributed by atoms with E-state index in [0.29, 0.717) is 50.1 Å². The van der Waals surface area contributed by atoms with Crippen molar-refractivity contribution >= 4 is 11.7 Å². The van der Waals surface area contributed by atoms with Gasteiger partial charge in [-0.05, 0) is 59.7 Å². The van der Waals surface area contributed by atoms with Gasteiger partial charge in [0.25, 0.3) is 11.5 Å². The van der Waals surface area contributed by atoms with Crippen molar-refractivity contribution in [2.75, 3.05) is 31.1 Å². The molecule has 10 nitrogen and oxygen atoms in total. The van der Waals surface area contributed by atoms with Crippen LogP contribution in [0.25, 0.3) is 0 Å². The lowest BCUT2D eigenvalue weighted by Gasteiger charge is -2.37. The Morgan fingerprint density at radius 3 is 2.20 bits per heavy atom. The zero-order valence-electron chi connectivity index (χ0n) is 21.3. The zero-order valence-corrected chi connectivity index (χ0v) is 21.3. The molecular formula is C25H34N6O4. The molecule has 1 aliphatic rings. The molecule has 4 heterocycles. The highest BCUT2D eigenvalue weighted by atomic mass is 16.4. The van der Waals surface area contributed by atoms with E-state index in [1.165, 1.54) is 10.6 Å². The Bertz CT molecular complexity index is 1330. The minimum atomic E-state index is -0.305. The Labute approximate surface area is 204 Å². The summed E-state index contributed by atoms with van der Waals surface area (Å²) in [6, 6.07) is 6.73. The summed E-state index contributed by atoms with van der Waals surface area (Å²) in [4.78, 5) is 42.6. The topological polar surface area (TPSA) is 98.5 Å². The summed E-state index contributed by atoms with van der Waals surface area (Å²) in [6.45, 7) is 13.9. The van der Waals surface area contributed by atoms with Gasteiger partial charge in [-0.2, -0.15) is 5.10 Å². The molecule has 0 radical (unpaired) electrons.